The average molecular weight is 223 g/mol. The van der Waals surface area contributed by atoms with Gasteiger partial charge in [-0.2, -0.15) is 5.26 Å². The van der Waals surface area contributed by atoms with Gasteiger partial charge in [-0.25, -0.2) is 0 Å². The summed E-state index contributed by atoms with van der Waals surface area (Å²) in [5.41, 5.74) is 0. The van der Waals surface area contributed by atoms with E-state index in [0.29, 0.717) is 11.8 Å². The first-order valence-electron chi connectivity index (χ1n) is 6.44. The fourth-order valence-corrected chi connectivity index (χ4v) is 3.06. The van der Waals surface area contributed by atoms with Crippen LogP contribution in [0.15, 0.2) is 0 Å². The van der Waals surface area contributed by atoms with E-state index in [4.69, 9.17) is 15.3 Å². The van der Waals surface area contributed by atoms with E-state index in [9.17, 15) is 0 Å². The van der Waals surface area contributed by atoms with Crippen LogP contribution in [0.3, 0.4) is 0 Å². The molecule has 0 saturated heterocycles. The fraction of sp³-hybridized carbons (Fsp3) is 0.917. The Balaban J connectivity index is 2.59. The van der Waals surface area contributed by atoms with Crippen molar-refractivity contribution in [3.05, 3.63) is 0 Å². The van der Waals surface area contributed by atoms with Gasteiger partial charge in [0.25, 0.3) is 0 Å². The van der Waals surface area contributed by atoms with Gasteiger partial charge in [-0.3, -0.25) is 0 Å². The summed E-state index contributed by atoms with van der Waals surface area (Å²) >= 11 is 0. The second-order valence-electron chi connectivity index (χ2n) is 4.92. The Bertz CT molecular complexity index is 234. The van der Waals surface area contributed by atoms with E-state index in [2.05, 4.69) is 13.0 Å². The topological polar surface area (TPSA) is 64.2 Å². The fourth-order valence-electron chi connectivity index (χ4n) is 3.06. The number of nitriles is 1. The third-order valence-electron chi connectivity index (χ3n) is 3.87. The summed E-state index contributed by atoms with van der Waals surface area (Å²) in [7, 11) is -1.35. The van der Waals surface area contributed by atoms with Gasteiger partial charge in [0.1, 0.15) is 0 Å². The van der Waals surface area contributed by atoms with E-state index in [0.717, 1.165) is 6.42 Å². The lowest BCUT2D eigenvalue weighted by Crippen LogP contribution is -2.28. The van der Waals surface area contributed by atoms with Gasteiger partial charge in [0.2, 0.25) is 0 Å². The van der Waals surface area contributed by atoms with Gasteiger partial charge in [-0.05, 0) is 18.2 Å². The summed E-state index contributed by atoms with van der Waals surface area (Å²) in [4.78, 5) is 0. The largest absolute Gasteiger partial charge is 0.452 e. The second-order valence-corrected chi connectivity index (χ2v) is 4.92. The molecule has 0 aromatic heterocycles. The van der Waals surface area contributed by atoms with Crippen LogP contribution in [0.1, 0.15) is 45.4 Å². The van der Waals surface area contributed by atoms with Crippen LogP contribution in [0.4, 0.5) is 0 Å². The molecule has 1 fully saturated rings. The molecule has 0 aromatic carbocycles. The van der Waals surface area contributed by atoms with Gasteiger partial charge < -0.3 is 10.0 Å². The van der Waals surface area contributed by atoms with E-state index < -0.39 is 7.12 Å². The zero-order chi connectivity index (χ0) is 12.0. The monoisotopic (exact) mass is 223 g/mol. The van der Waals surface area contributed by atoms with Crippen molar-refractivity contribution < 1.29 is 10.0 Å². The summed E-state index contributed by atoms with van der Waals surface area (Å²) in [6.45, 7) is 2.10. The molecule has 0 aromatic rings. The maximum atomic E-state index is 9.13. The highest BCUT2D eigenvalue weighted by molar-refractivity contribution is 6.41. The molecule has 2 atom stereocenters. The third kappa shape index (κ3) is 3.81. The van der Waals surface area contributed by atoms with Crippen molar-refractivity contribution in [1.29, 1.82) is 5.26 Å². The highest BCUT2D eigenvalue weighted by Gasteiger charge is 2.31. The molecule has 1 saturated carbocycles. The van der Waals surface area contributed by atoms with Gasteiger partial charge in [0.15, 0.2) is 0 Å². The summed E-state index contributed by atoms with van der Waals surface area (Å²) in [5.74, 6) is 0.752. The van der Waals surface area contributed by atoms with Gasteiger partial charge in [-0.15, -0.1) is 0 Å². The maximum Gasteiger partial charge on any atom is 0.452 e. The number of hydrogen-bond donors (Lipinski definition) is 2. The van der Waals surface area contributed by atoms with Crippen molar-refractivity contribution in [2.24, 2.45) is 17.8 Å². The van der Waals surface area contributed by atoms with Gasteiger partial charge in [0.05, 0.1) is 6.07 Å². The second kappa shape index (κ2) is 6.93. The molecule has 0 bridgehead atoms. The van der Waals surface area contributed by atoms with E-state index in [1.54, 1.807) is 0 Å². The minimum atomic E-state index is -1.35. The normalized spacial score (nSPS) is 21.1. The van der Waals surface area contributed by atoms with Crippen LogP contribution in [0.2, 0.25) is 6.32 Å². The minimum absolute atomic E-state index is 0.200. The molecule has 0 spiro atoms. The van der Waals surface area contributed by atoms with Crippen LogP contribution < -0.4 is 0 Å². The number of rotatable bonds is 5. The van der Waals surface area contributed by atoms with Crippen molar-refractivity contribution >= 4 is 7.12 Å². The molecule has 1 rings (SSSR count). The van der Waals surface area contributed by atoms with Crippen LogP contribution in [-0.4, -0.2) is 17.2 Å². The predicted molar refractivity (Wildman–Crippen MR) is 64.5 cm³/mol. The zero-order valence-corrected chi connectivity index (χ0v) is 10.1. The molecular weight excluding hydrogens is 201 g/mol. The van der Waals surface area contributed by atoms with Gasteiger partial charge in [-0.1, -0.05) is 45.4 Å². The summed E-state index contributed by atoms with van der Waals surface area (Å²) in [6.07, 6.45) is 7.42. The van der Waals surface area contributed by atoms with E-state index in [-0.39, 0.29) is 12.2 Å². The van der Waals surface area contributed by atoms with Crippen molar-refractivity contribution in [3.63, 3.8) is 0 Å². The highest BCUT2D eigenvalue weighted by Crippen LogP contribution is 2.37. The van der Waals surface area contributed by atoms with Gasteiger partial charge in [0, 0.05) is 5.92 Å². The SMILES string of the molecule is CCC(C(C#N)CB(O)O)C1CCCCC1. The summed E-state index contributed by atoms with van der Waals surface area (Å²) < 4.78 is 0. The van der Waals surface area contributed by atoms with Crippen LogP contribution in [-0.2, 0) is 0 Å². The predicted octanol–water partition coefficient (Wildman–Crippen LogP) is 2.21. The molecule has 2 N–H and O–H groups in total. The van der Waals surface area contributed by atoms with Crippen molar-refractivity contribution in [1.82, 2.24) is 0 Å². The van der Waals surface area contributed by atoms with Crippen LogP contribution in [0.25, 0.3) is 0 Å². The number of nitrogens with zero attached hydrogens (tertiary/aromatic N) is 1. The Morgan fingerprint density at radius 2 is 1.94 bits per heavy atom. The maximum absolute atomic E-state index is 9.13. The Morgan fingerprint density at radius 1 is 1.31 bits per heavy atom. The molecule has 3 nitrogen and oxygen atoms in total. The smallest absolute Gasteiger partial charge is 0.427 e. The standard InChI is InChI=1S/C12H22BNO2/c1-2-12(10-6-4-3-5-7-10)11(9-14)8-13(15)16/h10-12,15-16H,2-8H2,1H3. The Labute approximate surface area is 98.6 Å². The average Bonchev–Trinajstić information content (AvgIpc) is 2.29. The molecule has 0 amide bonds. The molecule has 2 unspecified atom stereocenters. The highest BCUT2D eigenvalue weighted by atomic mass is 16.4. The van der Waals surface area contributed by atoms with Crippen molar-refractivity contribution in [3.8, 4) is 6.07 Å². The first-order chi connectivity index (χ1) is 7.69. The van der Waals surface area contributed by atoms with Crippen molar-refractivity contribution in [2.75, 3.05) is 0 Å². The molecule has 1 aliphatic carbocycles. The van der Waals surface area contributed by atoms with Crippen LogP contribution >= 0.6 is 0 Å². The Hall–Kier alpha value is -0.525. The molecule has 4 heteroatoms. The van der Waals surface area contributed by atoms with Crippen LogP contribution in [0.5, 0.6) is 0 Å². The van der Waals surface area contributed by atoms with Crippen LogP contribution in [0, 0.1) is 29.1 Å². The zero-order valence-electron chi connectivity index (χ0n) is 10.1. The third-order valence-corrected chi connectivity index (χ3v) is 3.87. The van der Waals surface area contributed by atoms with Gasteiger partial charge >= 0.3 is 7.12 Å². The lowest BCUT2D eigenvalue weighted by molar-refractivity contribution is 0.202. The molecular formula is C12H22BNO2. The van der Waals surface area contributed by atoms with Crippen molar-refractivity contribution in [2.45, 2.75) is 51.8 Å². The van der Waals surface area contributed by atoms with E-state index in [1.807, 2.05) is 0 Å². The lowest BCUT2D eigenvalue weighted by atomic mass is 9.66. The summed E-state index contributed by atoms with van der Waals surface area (Å²) in [5, 5.41) is 27.1. The molecule has 16 heavy (non-hydrogen) atoms. The first-order valence-corrected chi connectivity index (χ1v) is 6.44. The number of hydrogen-bond acceptors (Lipinski definition) is 3. The molecule has 1 aliphatic rings. The Morgan fingerprint density at radius 3 is 2.38 bits per heavy atom. The summed E-state index contributed by atoms with van der Waals surface area (Å²) in [6, 6.07) is 2.26. The molecule has 0 radical (unpaired) electrons. The van der Waals surface area contributed by atoms with E-state index in [1.165, 1.54) is 32.1 Å². The minimum Gasteiger partial charge on any atom is -0.427 e. The lowest BCUT2D eigenvalue weighted by Gasteiger charge is -2.32. The quantitative estimate of drug-likeness (QED) is 0.702. The van der Waals surface area contributed by atoms with E-state index >= 15 is 0 Å². The first kappa shape index (κ1) is 13.5. The Kier molecular flexibility index (Phi) is 5.86. The molecule has 90 valence electrons. The molecule has 0 aliphatic heterocycles. The molecule has 0 heterocycles.